The molecule has 0 radical (unpaired) electrons. The van der Waals surface area contributed by atoms with E-state index in [0.717, 1.165) is 58.8 Å². The molecule has 162 valence electrons. The van der Waals surface area contributed by atoms with Crippen LogP contribution in [0.3, 0.4) is 0 Å². The van der Waals surface area contributed by atoms with Gasteiger partial charge in [-0.15, -0.1) is 0 Å². The van der Waals surface area contributed by atoms with Crippen LogP contribution in [0.5, 0.6) is 5.88 Å². The van der Waals surface area contributed by atoms with Crippen molar-refractivity contribution in [3.63, 3.8) is 0 Å². The molecule has 7 heteroatoms. The van der Waals surface area contributed by atoms with Crippen molar-refractivity contribution in [3.8, 4) is 17.1 Å². The summed E-state index contributed by atoms with van der Waals surface area (Å²) in [5.74, 6) is 3.19. The second kappa shape index (κ2) is 7.76. The number of hydrogen-bond donors (Lipinski definition) is 2. The minimum atomic E-state index is 0.494. The van der Waals surface area contributed by atoms with Crippen molar-refractivity contribution >= 4 is 22.5 Å². The largest absolute Gasteiger partial charge is 0.481 e. The van der Waals surface area contributed by atoms with E-state index in [2.05, 4.69) is 26.6 Å². The summed E-state index contributed by atoms with van der Waals surface area (Å²) in [6, 6.07) is 8.77. The number of rotatable bonds is 4. The van der Waals surface area contributed by atoms with Gasteiger partial charge in [-0.05, 0) is 67.3 Å². The van der Waals surface area contributed by atoms with Gasteiger partial charge in [-0.1, -0.05) is 11.6 Å². The summed E-state index contributed by atoms with van der Waals surface area (Å²) in [6.45, 7) is 2.94. The first-order chi connectivity index (χ1) is 15.2. The number of methoxy groups -OCH3 is 1. The van der Waals surface area contributed by atoms with Gasteiger partial charge in [0.05, 0.1) is 19.2 Å². The highest BCUT2D eigenvalue weighted by molar-refractivity contribution is 6.32. The van der Waals surface area contributed by atoms with Gasteiger partial charge in [-0.2, -0.15) is 5.10 Å². The van der Waals surface area contributed by atoms with Crippen molar-refractivity contribution in [2.75, 3.05) is 26.9 Å². The number of H-pyrrole nitrogens is 1. The highest BCUT2D eigenvalue weighted by Gasteiger charge is 2.47. The molecule has 0 unspecified atom stereocenters. The molecule has 0 bridgehead atoms. The zero-order valence-electron chi connectivity index (χ0n) is 17.6. The molecule has 0 amide bonds. The fraction of sp³-hybridized carbons (Fsp3) is 0.500. The summed E-state index contributed by atoms with van der Waals surface area (Å²) < 4.78 is 11.0. The number of fused-ring (bicyclic) bond motifs is 2. The number of benzene rings is 1. The van der Waals surface area contributed by atoms with E-state index in [1.165, 1.54) is 24.8 Å². The monoisotopic (exact) mass is 438 g/mol. The van der Waals surface area contributed by atoms with Gasteiger partial charge in [0.2, 0.25) is 5.88 Å². The SMILES string of the molecule is COc1cc(-c2n[nH]c3cc(Cl)c([C@H]4C[C@@H]5CN[C@H]([C@@H]6CCOC6)[C@H]5C4)cc23)ccn1. The van der Waals surface area contributed by atoms with Crippen molar-refractivity contribution in [3.05, 3.63) is 41.0 Å². The van der Waals surface area contributed by atoms with E-state index < -0.39 is 0 Å². The minimum Gasteiger partial charge on any atom is -0.481 e. The highest BCUT2D eigenvalue weighted by Crippen LogP contribution is 2.50. The molecular weight excluding hydrogens is 412 g/mol. The topological polar surface area (TPSA) is 72.1 Å². The number of aromatic amines is 1. The van der Waals surface area contributed by atoms with Crippen LogP contribution in [-0.2, 0) is 4.74 Å². The fourth-order valence-corrected chi connectivity index (χ4v) is 6.45. The van der Waals surface area contributed by atoms with E-state index in [-0.39, 0.29) is 0 Å². The predicted molar refractivity (Wildman–Crippen MR) is 121 cm³/mol. The second-order valence-electron chi connectivity index (χ2n) is 9.23. The number of pyridine rings is 1. The molecule has 1 aromatic carbocycles. The zero-order valence-corrected chi connectivity index (χ0v) is 18.4. The maximum Gasteiger partial charge on any atom is 0.213 e. The standard InChI is InChI=1S/C24H27ClN4O2/c1-30-22-8-13(2-4-26-22)24-19-9-17(20(25)10-21(19)28-29-24)15-6-16-11-27-23(18(16)7-15)14-3-5-31-12-14/h2,4,8-10,14-16,18,23,27H,3,5-7,11-12H2,1H3,(H,28,29)/t14-,15+,16-,18+,23-/m1/s1. The Bertz CT molecular complexity index is 1110. The van der Waals surface area contributed by atoms with E-state index in [4.69, 9.17) is 21.1 Å². The molecule has 31 heavy (non-hydrogen) atoms. The van der Waals surface area contributed by atoms with Crippen LogP contribution in [0.4, 0.5) is 0 Å². The summed E-state index contributed by atoms with van der Waals surface area (Å²) in [6.07, 6.45) is 5.33. The Morgan fingerprint density at radius 3 is 2.97 bits per heavy atom. The van der Waals surface area contributed by atoms with Crippen molar-refractivity contribution < 1.29 is 9.47 Å². The summed E-state index contributed by atoms with van der Waals surface area (Å²) in [5.41, 5.74) is 4.11. The van der Waals surface area contributed by atoms with E-state index >= 15 is 0 Å². The van der Waals surface area contributed by atoms with E-state index in [1.54, 1.807) is 13.3 Å². The van der Waals surface area contributed by atoms with Gasteiger partial charge >= 0.3 is 0 Å². The van der Waals surface area contributed by atoms with Crippen LogP contribution < -0.4 is 10.1 Å². The number of nitrogens with one attached hydrogen (secondary N) is 2. The van der Waals surface area contributed by atoms with Crippen LogP contribution >= 0.6 is 11.6 Å². The van der Waals surface area contributed by atoms with Crippen LogP contribution in [0.2, 0.25) is 5.02 Å². The number of hydrogen-bond acceptors (Lipinski definition) is 5. The summed E-state index contributed by atoms with van der Waals surface area (Å²) in [4.78, 5) is 4.22. The molecule has 2 saturated heterocycles. The van der Waals surface area contributed by atoms with E-state index in [0.29, 0.717) is 23.8 Å². The molecular formula is C24H27ClN4O2. The van der Waals surface area contributed by atoms with Gasteiger partial charge < -0.3 is 14.8 Å². The summed E-state index contributed by atoms with van der Waals surface area (Å²) >= 11 is 6.79. The van der Waals surface area contributed by atoms with Gasteiger partial charge in [0.15, 0.2) is 0 Å². The van der Waals surface area contributed by atoms with Gasteiger partial charge in [0.1, 0.15) is 5.69 Å². The lowest BCUT2D eigenvalue weighted by atomic mass is 9.85. The Labute approximate surface area is 186 Å². The Balaban J connectivity index is 1.33. The smallest absolute Gasteiger partial charge is 0.213 e. The van der Waals surface area contributed by atoms with Crippen molar-refractivity contribution in [2.45, 2.75) is 31.2 Å². The Morgan fingerprint density at radius 2 is 2.13 bits per heavy atom. The van der Waals surface area contributed by atoms with Crippen LogP contribution in [0.25, 0.3) is 22.2 Å². The molecule has 2 aliphatic heterocycles. The van der Waals surface area contributed by atoms with E-state index in [1.807, 2.05) is 18.2 Å². The molecule has 6 rings (SSSR count). The molecule has 5 atom stereocenters. The highest BCUT2D eigenvalue weighted by atomic mass is 35.5. The third-order valence-corrected chi connectivity index (χ3v) is 7.96. The third kappa shape index (κ3) is 3.32. The molecule has 2 N–H and O–H groups in total. The first-order valence-corrected chi connectivity index (χ1v) is 11.6. The summed E-state index contributed by atoms with van der Waals surface area (Å²) in [7, 11) is 1.63. The number of halogens is 1. The van der Waals surface area contributed by atoms with Crippen LogP contribution in [0.15, 0.2) is 30.5 Å². The Morgan fingerprint density at radius 1 is 1.19 bits per heavy atom. The van der Waals surface area contributed by atoms with Crippen molar-refractivity contribution in [2.24, 2.45) is 17.8 Å². The van der Waals surface area contributed by atoms with Gasteiger partial charge in [0, 0.05) is 46.8 Å². The quantitative estimate of drug-likeness (QED) is 0.631. The molecule has 3 fully saturated rings. The lowest BCUT2D eigenvalue weighted by Crippen LogP contribution is -2.35. The molecule has 0 spiro atoms. The molecule has 1 saturated carbocycles. The Hall–Kier alpha value is -2.15. The molecule has 6 nitrogen and oxygen atoms in total. The predicted octanol–water partition coefficient (Wildman–Crippen LogP) is 4.41. The Kier molecular flexibility index (Phi) is 4.89. The van der Waals surface area contributed by atoms with Crippen molar-refractivity contribution in [1.82, 2.24) is 20.5 Å². The number of nitrogens with zero attached hydrogens (tertiary/aromatic N) is 2. The maximum absolute atomic E-state index is 6.79. The second-order valence-corrected chi connectivity index (χ2v) is 9.64. The molecule has 2 aromatic heterocycles. The lowest BCUT2D eigenvalue weighted by Gasteiger charge is -2.24. The normalized spacial score (nSPS) is 30.2. The van der Waals surface area contributed by atoms with Gasteiger partial charge in [-0.3, -0.25) is 5.10 Å². The van der Waals surface area contributed by atoms with E-state index in [9.17, 15) is 0 Å². The molecule has 3 aliphatic rings. The molecule has 3 aromatic rings. The third-order valence-electron chi connectivity index (χ3n) is 7.64. The number of aromatic nitrogens is 3. The average Bonchev–Trinajstić information content (AvgIpc) is 3.56. The maximum atomic E-state index is 6.79. The molecule has 1 aliphatic carbocycles. The first-order valence-electron chi connectivity index (χ1n) is 11.2. The van der Waals surface area contributed by atoms with Crippen LogP contribution in [-0.4, -0.2) is 48.1 Å². The molecule has 4 heterocycles. The van der Waals surface area contributed by atoms with Crippen LogP contribution in [0, 0.1) is 17.8 Å². The lowest BCUT2D eigenvalue weighted by molar-refractivity contribution is 0.171. The minimum absolute atomic E-state index is 0.494. The summed E-state index contributed by atoms with van der Waals surface area (Å²) in [5, 5.41) is 13.5. The zero-order chi connectivity index (χ0) is 20.9. The first kappa shape index (κ1) is 19.5. The van der Waals surface area contributed by atoms with Gasteiger partial charge in [0.25, 0.3) is 0 Å². The van der Waals surface area contributed by atoms with Crippen LogP contribution in [0.1, 0.15) is 30.7 Å². The average molecular weight is 439 g/mol. The van der Waals surface area contributed by atoms with Gasteiger partial charge in [-0.25, -0.2) is 4.98 Å². The fourth-order valence-electron chi connectivity index (χ4n) is 6.13. The van der Waals surface area contributed by atoms with Crippen molar-refractivity contribution in [1.29, 1.82) is 0 Å². The number of ether oxygens (including phenoxy) is 2.